The summed E-state index contributed by atoms with van der Waals surface area (Å²) >= 11 is 0. The fourth-order valence-corrected chi connectivity index (χ4v) is 3.42. The quantitative estimate of drug-likeness (QED) is 0.917. The maximum Gasteiger partial charge on any atom is 0.255 e. The lowest BCUT2D eigenvalue weighted by Gasteiger charge is -2.19. The van der Waals surface area contributed by atoms with Crippen molar-refractivity contribution in [2.24, 2.45) is 5.73 Å². The van der Waals surface area contributed by atoms with Crippen LogP contribution < -0.4 is 11.3 Å². The molecule has 0 amide bonds. The molecule has 1 atom stereocenters. The Morgan fingerprint density at radius 2 is 1.96 bits per heavy atom. The van der Waals surface area contributed by atoms with Crippen LogP contribution in [0.5, 0.6) is 0 Å². The fraction of sp³-hybridized carbons (Fsp3) is 0.450. The number of hydrogen-bond acceptors (Lipinski definition) is 2. The van der Waals surface area contributed by atoms with Crippen molar-refractivity contribution in [1.29, 1.82) is 0 Å². The Labute approximate surface area is 138 Å². The molecule has 0 radical (unpaired) electrons. The van der Waals surface area contributed by atoms with Crippen LogP contribution in [-0.4, -0.2) is 4.57 Å². The summed E-state index contributed by atoms with van der Waals surface area (Å²) in [5.74, 6) is 0. The lowest BCUT2D eigenvalue weighted by Crippen LogP contribution is -2.28. The van der Waals surface area contributed by atoms with Crippen molar-refractivity contribution in [3.63, 3.8) is 0 Å². The van der Waals surface area contributed by atoms with Gasteiger partial charge in [0.1, 0.15) is 0 Å². The highest BCUT2D eigenvalue weighted by atomic mass is 16.1. The van der Waals surface area contributed by atoms with E-state index in [0.717, 1.165) is 31.4 Å². The Bertz CT molecular complexity index is 733. The van der Waals surface area contributed by atoms with Crippen LogP contribution in [0.1, 0.15) is 60.9 Å². The normalized spacial score (nSPS) is 15.2. The molecule has 3 heteroatoms. The maximum absolute atomic E-state index is 12.7. The van der Waals surface area contributed by atoms with Crippen molar-refractivity contribution in [2.75, 3.05) is 0 Å². The summed E-state index contributed by atoms with van der Waals surface area (Å²) in [6.45, 7) is 2.90. The lowest BCUT2D eigenvalue weighted by molar-refractivity contribution is 0.604. The molecule has 0 saturated carbocycles. The molecule has 1 heterocycles. The van der Waals surface area contributed by atoms with Crippen LogP contribution in [0.25, 0.3) is 0 Å². The first kappa shape index (κ1) is 16.0. The summed E-state index contributed by atoms with van der Waals surface area (Å²) < 4.78 is 1.79. The molecular formula is C20H26N2O. The average molecular weight is 310 g/mol. The zero-order valence-corrected chi connectivity index (χ0v) is 13.9. The van der Waals surface area contributed by atoms with Crippen LogP contribution in [0.15, 0.2) is 41.3 Å². The van der Waals surface area contributed by atoms with Gasteiger partial charge in [0.15, 0.2) is 0 Å². The Morgan fingerprint density at radius 3 is 2.74 bits per heavy atom. The highest BCUT2D eigenvalue weighted by molar-refractivity contribution is 5.38. The van der Waals surface area contributed by atoms with E-state index in [1.165, 1.54) is 30.4 Å². The second kappa shape index (κ2) is 7.14. The van der Waals surface area contributed by atoms with Gasteiger partial charge in [-0.1, -0.05) is 37.6 Å². The van der Waals surface area contributed by atoms with E-state index in [9.17, 15) is 4.79 Å². The van der Waals surface area contributed by atoms with Gasteiger partial charge in [-0.3, -0.25) is 4.79 Å². The van der Waals surface area contributed by atoms with Crippen molar-refractivity contribution >= 4 is 0 Å². The molecule has 1 aliphatic rings. The second-order valence-electron chi connectivity index (χ2n) is 6.53. The topological polar surface area (TPSA) is 48.0 Å². The van der Waals surface area contributed by atoms with Crippen molar-refractivity contribution in [3.05, 3.63) is 69.1 Å². The Morgan fingerprint density at radius 1 is 1.17 bits per heavy atom. The smallest absolute Gasteiger partial charge is 0.255 e. The molecule has 0 bridgehead atoms. The summed E-state index contributed by atoms with van der Waals surface area (Å²) in [6.07, 6.45) is 8.78. The van der Waals surface area contributed by atoms with Gasteiger partial charge in [-0.25, -0.2) is 0 Å². The van der Waals surface area contributed by atoms with E-state index < -0.39 is 0 Å². The van der Waals surface area contributed by atoms with Crippen LogP contribution in [0, 0.1) is 0 Å². The fourth-order valence-electron chi connectivity index (χ4n) is 3.42. The Hall–Kier alpha value is -1.87. The number of rotatable bonds is 5. The molecule has 2 aromatic rings. The third-order valence-electron chi connectivity index (χ3n) is 4.87. The number of benzene rings is 1. The number of nitrogens with two attached hydrogens (primary N) is 1. The molecule has 2 N–H and O–H groups in total. The number of unbranched alkanes of at least 4 members (excludes halogenated alkanes) is 1. The monoisotopic (exact) mass is 310 g/mol. The van der Waals surface area contributed by atoms with Crippen molar-refractivity contribution < 1.29 is 0 Å². The molecule has 0 saturated heterocycles. The van der Waals surface area contributed by atoms with Gasteiger partial charge >= 0.3 is 0 Å². The molecule has 23 heavy (non-hydrogen) atoms. The third kappa shape index (κ3) is 3.40. The van der Waals surface area contributed by atoms with Gasteiger partial charge in [-0.15, -0.1) is 0 Å². The molecule has 0 aliphatic heterocycles. The number of aromatic nitrogens is 1. The van der Waals surface area contributed by atoms with Crippen molar-refractivity contribution in [2.45, 2.75) is 58.0 Å². The largest absolute Gasteiger partial charge is 0.320 e. The van der Waals surface area contributed by atoms with Crippen LogP contribution in [-0.2, 0) is 19.4 Å². The van der Waals surface area contributed by atoms with E-state index in [2.05, 4.69) is 25.1 Å². The predicted molar refractivity (Wildman–Crippen MR) is 94.7 cm³/mol. The van der Waals surface area contributed by atoms with Crippen LogP contribution >= 0.6 is 0 Å². The standard InChI is InChI=1S/C20H26N2O/c1-2-3-12-22-13-6-9-18(20(22)23)19(21)17-11-10-15-7-4-5-8-16(15)14-17/h6,9-11,13-14,19H,2-5,7-8,12,21H2,1H3. The minimum atomic E-state index is -0.344. The molecule has 3 nitrogen and oxygen atoms in total. The summed E-state index contributed by atoms with van der Waals surface area (Å²) in [7, 11) is 0. The molecule has 1 aliphatic carbocycles. The van der Waals surface area contributed by atoms with Crippen molar-refractivity contribution in [3.8, 4) is 0 Å². The molecule has 3 rings (SSSR count). The highest BCUT2D eigenvalue weighted by Gasteiger charge is 2.16. The number of aryl methyl sites for hydroxylation is 3. The minimum Gasteiger partial charge on any atom is -0.320 e. The highest BCUT2D eigenvalue weighted by Crippen LogP contribution is 2.25. The predicted octanol–water partition coefficient (Wildman–Crippen LogP) is 3.58. The number of hydrogen-bond donors (Lipinski definition) is 1. The maximum atomic E-state index is 12.7. The van der Waals surface area contributed by atoms with Crippen LogP contribution in [0.3, 0.4) is 0 Å². The van der Waals surface area contributed by atoms with E-state index in [1.54, 1.807) is 4.57 Å². The molecular weight excluding hydrogens is 284 g/mol. The first-order valence-corrected chi connectivity index (χ1v) is 8.77. The third-order valence-corrected chi connectivity index (χ3v) is 4.87. The molecule has 1 aromatic heterocycles. The van der Waals surface area contributed by atoms with E-state index in [0.29, 0.717) is 5.56 Å². The molecule has 1 unspecified atom stereocenters. The van der Waals surface area contributed by atoms with Crippen LogP contribution in [0.2, 0.25) is 0 Å². The van der Waals surface area contributed by atoms with Gasteiger partial charge in [-0.2, -0.15) is 0 Å². The number of pyridine rings is 1. The summed E-state index contributed by atoms with van der Waals surface area (Å²) in [5.41, 5.74) is 11.1. The SMILES string of the molecule is CCCCn1cccc(C(N)c2ccc3c(c2)CCCC3)c1=O. The van der Waals surface area contributed by atoms with Gasteiger partial charge in [0.05, 0.1) is 6.04 Å². The number of nitrogens with zero attached hydrogens (tertiary/aromatic N) is 1. The second-order valence-corrected chi connectivity index (χ2v) is 6.53. The summed E-state index contributed by atoms with van der Waals surface area (Å²) in [4.78, 5) is 12.7. The zero-order valence-electron chi connectivity index (χ0n) is 13.9. The van der Waals surface area contributed by atoms with E-state index >= 15 is 0 Å². The van der Waals surface area contributed by atoms with E-state index in [-0.39, 0.29) is 11.6 Å². The average Bonchev–Trinajstić information content (AvgIpc) is 2.60. The van der Waals surface area contributed by atoms with Gasteiger partial charge in [0.2, 0.25) is 0 Å². The summed E-state index contributed by atoms with van der Waals surface area (Å²) in [6, 6.07) is 9.96. The number of fused-ring (bicyclic) bond motifs is 1. The Balaban J connectivity index is 1.91. The van der Waals surface area contributed by atoms with Crippen molar-refractivity contribution in [1.82, 2.24) is 4.57 Å². The van der Waals surface area contributed by atoms with Gasteiger partial charge in [0.25, 0.3) is 5.56 Å². The van der Waals surface area contributed by atoms with Gasteiger partial charge in [0, 0.05) is 18.3 Å². The molecule has 1 aromatic carbocycles. The van der Waals surface area contributed by atoms with Gasteiger partial charge in [-0.05, 0) is 54.9 Å². The lowest BCUT2D eigenvalue weighted by atomic mass is 9.88. The molecule has 0 spiro atoms. The van der Waals surface area contributed by atoms with E-state index in [1.807, 2.05) is 18.3 Å². The van der Waals surface area contributed by atoms with Gasteiger partial charge < -0.3 is 10.3 Å². The first-order chi connectivity index (χ1) is 11.2. The minimum absolute atomic E-state index is 0.0474. The molecule has 0 fully saturated rings. The van der Waals surface area contributed by atoms with Crippen LogP contribution in [0.4, 0.5) is 0 Å². The zero-order chi connectivity index (χ0) is 16.2. The first-order valence-electron chi connectivity index (χ1n) is 8.77. The summed E-state index contributed by atoms with van der Waals surface area (Å²) in [5, 5.41) is 0. The molecule has 122 valence electrons. The van der Waals surface area contributed by atoms with E-state index in [4.69, 9.17) is 5.73 Å². The Kier molecular flexibility index (Phi) is 4.97.